The Morgan fingerprint density at radius 1 is 1.10 bits per heavy atom. The summed E-state index contributed by atoms with van der Waals surface area (Å²) >= 11 is 0. The topological polar surface area (TPSA) is 94.3 Å². The summed E-state index contributed by atoms with van der Waals surface area (Å²) in [5.74, 6) is 0.658. The standard InChI is InChI=1S/C21H32N6O2.HI/c1-16(20(29)26-8-3-4-9-26)25-10-12-27(13-11-25)21(23-2)24-15-17-6-5-7-18(14-17)19(22)28;/h5-7,14,16H,3-4,8-13,15H2,1-2H3,(H2,22,28)(H,23,24);1H. The van der Waals surface area contributed by atoms with E-state index in [1.54, 1.807) is 19.2 Å². The van der Waals surface area contributed by atoms with E-state index in [0.29, 0.717) is 12.1 Å². The van der Waals surface area contributed by atoms with Crippen LogP contribution in [0.5, 0.6) is 0 Å². The normalized spacial score (nSPS) is 18.7. The first kappa shape index (κ1) is 24.4. The van der Waals surface area contributed by atoms with Gasteiger partial charge in [0.2, 0.25) is 11.8 Å². The van der Waals surface area contributed by atoms with E-state index in [2.05, 4.69) is 20.1 Å². The Morgan fingerprint density at radius 3 is 2.37 bits per heavy atom. The van der Waals surface area contributed by atoms with Gasteiger partial charge in [-0.25, -0.2) is 0 Å². The van der Waals surface area contributed by atoms with Gasteiger partial charge in [0.15, 0.2) is 5.96 Å². The molecule has 8 nitrogen and oxygen atoms in total. The van der Waals surface area contributed by atoms with Gasteiger partial charge in [0.1, 0.15) is 0 Å². The van der Waals surface area contributed by atoms with Gasteiger partial charge in [0.05, 0.1) is 6.04 Å². The predicted molar refractivity (Wildman–Crippen MR) is 129 cm³/mol. The van der Waals surface area contributed by atoms with Gasteiger partial charge in [-0.05, 0) is 37.5 Å². The van der Waals surface area contributed by atoms with Crippen LogP contribution in [0.1, 0.15) is 35.7 Å². The average Bonchev–Trinajstić information content (AvgIpc) is 3.28. The SMILES string of the molecule is CN=C(NCc1cccc(C(N)=O)c1)N1CCN(C(C)C(=O)N2CCCC2)CC1.I. The van der Waals surface area contributed by atoms with Gasteiger partial charge in [0, 0.05) is 58.4 Å². The molecule has 1 aromatic carbocycles. The Labute approximate surface area is 195 Å². The van der Waals surface area contributed by atoms with E-state index in [1.807, 2.05) is 24.0 Å². The largest absolute Gasteiger partial charge is 0.366 e. The second kappa shape index (κ2) is 11.5. The lowest BCUT2D eigenvalue weighted by Gasteiger charge is -2.39. The number of nitrogens with zero attached hydrogens (tertiary/aromatic N) is 4. The third kappa shape index (κ3) is 6.07. The van der Waals surface area contributed by atoms with E-state index in [1.165, 1.54) is 0 Å². The number of aliphatic imine (C=N–C) groups is 1. The molecule has 3 rings (SSSR count). The van der Waals surface area contributed by atoms with Crippen molar-refractivity contribution in [2.45, 2.75) is 32.4 Å². The van der Waals surface area contributed by atoms with Crippen molar-refractivity contribution in [2.24, 2.45) is 10.7 Å². The maximum Gasteiger partial charge on any atom is 0.248 e. The maximum absolute atomic E-state index is 12.7. The van der Waals surface area contributed by atoms with Gasteiger partial charge < -0.3 is 20.9 Å². The Morgan fingerprint density at radius 2 is 1.77 bits per heavy atom. The quantitative estimate of drug-likeness (QED) is 0.340. The van der Waals surface area contributed by atoms with Crippen molar-refractivity contribution in [1.82, 2.24) is 20.0 Å². The number of likely N-dealkylation sites (tertiary alicyclic amines) is 1. The third-order valence-electron chi connectivity index (χ3n) is 5.81. The first-order valence-corrected chi connectivity index (χ1v) is 10.4. The molecule has 166 valence electrons. The number of benzene rings is 1. The first-order chi connectivity index (χ1) is 14.0. The number of nitrogens with two attached hydrogens (primary N) is 1. The van der Waals surface area contributed by atoms with Gasteiger partial charge in [0.25, 0.3) is 0 Å². The Hall–Kier alpha value is -1.88. The molecule has 1 aromatic rings. The minimum absolute atomic E-state index is 0. The van der Waals surface area contributed by atoms with E-state index < -0.39 is 5.91 Å². The molecule has 0 aliphatic carbocycles. The fourth-order valence-corrected chi connectivity index (χ4v) is 4.03. The maximum atomic E-state index is 12.7. The molecule has 1 atom stereocenters. The van der Waals surface area contributed by atoms with Crippen LogP contribution in [0.3, 0.4) is 0 Å². The van der Waals surface area contributed by atoms with E-state index in [4.69, 9.17) is 5.73 Å². The molecule has 1 unspecified atom stereocenters. The highest BCUT2D eigenvalue weighted by molar-refractivity contribution is 14.0. The van der Waals surface area contributed by atoms with Crippen molar-refractivity contribution in [3.8, 4) is 0 Å². The number of primary amides is 1. The summed E-state index contributed by atoms with van der Waals surface area (Å²) in [7, 11) is 1.77. The minimum atomic E-state index is -0.426. The Bertz CT molecular complexity index is 758. The van der Waals surface area contributed by atoms with Crippen molar-refractivity contribution in [2.75, 3.05) is 46.3 Å². The third-order valence-corrected chi connectivity index (χ3v) is 5.81. The molecule has 2 heterocycles. The molecule has 0 aromatic heterocycles. The van der Waals surface area contributed by atoms with Gasteiger partial charge >= 0.3 is 0 Å². The number of rotatable bonds is 5. The molecule has 0 spiro atoms. The van der Waals surface area contributed by atoms with Crippen LogP contribution in [0.25, 0.3) is 0 Å². The zero-order valence-corrected chi connectivity index (χ0v) is 20.2. The van der Waals surface area contributed by atoms with Crippen LogP contribution in [0.4, 0.5) is 0 Å². The lowest BCUT2D eigenvalue weighted by atomic mass is 10.1. The molecule has 0 saturated carbocycles. The monoisotopic (exact) mass is 528 g/mol. The Kier molecular flexibility index (Phi) is 9.35. The molecule has 30 heavy (non-hydrogen) atoms. The molecule has 2 fully saturated rings. The molecular weight excluding hydrogens is 495 g/mol. The molecule has 2 saturated heterocycles. The molecule has 2 amide bonds. The Balaban J connectivity index is 0.00000320. The number of guanidine groups is 1. The van der Waals surface area contributed by atoms with Crippen LogP contribution in [-0.2, 0) is 11.3 Å². The van der Waals surface area contributed by atoms with Crippen LogP contribution >= 0.6 is 24.0 Å². The molecule has 0 bridgehead atoms. The summed E-state index contributed by atoms with van der Waals surface area (Å²) in [5, 5.41) is 3.36. The molecule has 0 radical (unpaired) electrons. The first-order valence-electron chi connectivity index (χ1n) is 10.4. The number of carbonyl (C=O) groups excluding carboxylic acids is 2. The predicted octanol–water partition coefficient (Wildman–Crippen LogP) is 1.11. The smallest absolute Gasteiger partial charge is 0.248 e. The number of hydrogen-bond donors (Lipinski definition) is 2. The summed E-state index contributed by atoms with van der Waals surface area (Å²) in [6.07, 6.45) is 2.24. The number of amides is 2. The van der Waals surface area contributed by atoms with Crippen LogP contribution in [0.2, 0.25) is 0 Å². The number of nitrogens with one attached hydrogen (secondary N) is 1. The van der Waals surface area contributed by atoms with E-state index in [-0.39, 0.29) is 35.9 Å². The van der Waals surface area contributed by atoms with Crippen molar-refractivity contribution in [3.05, 3.63) is 35.4 Å². The lowest BCUT2D eigenvalue weighted by molar-refractivity contribution is -0.135. The molecule has 2 aliphatic rings. The van der Waals surface area contributed by atoms with Gasteiger partial charge in [-0.2, -0.15) is 0 Å². The number of carbonyl (C=O) groups is 2. The highest BCUT2D eigenvalue weighted by atomic mass is 127. The van der Waals surface area contributed by atoms with E-state index in [0.717, 1.165) is 63.6 Å². The molecule has 3 N–H and O–H groups in total. The minimum Gasteiger partial charge on any atom is -0.366 e. The highest BCUT2D eigenvalue weighted by Crippen LogP contribution is 2.14. The van der Waals surface area contributed by atoms with Crippen molar-refractivity contribution >= 4 is 41.8 Å². The number of halogens is 1. The zero-order chi connectivity index (χ0) is 20.8. The summed E-state index contributed by atoms with van der Waals surface area (Å²) < 4.78 is 0. The lowest BCUT2D eigenvalue weighted by Crippen LogP contribution is -2.57. The van der Waals surface area contributed by atoms with Crippen LogP contribution < -0.4 is 11.1 Å². The summed E-state index contributed by atoms with van der Waals surface area (Å²) in [6.45, 7) is 7.69. The second-order valence-corrected chi connectivity index (χ2v) is 7.70. The number of hydrogen-bond acceptors (Lipinski definition) is 4. The summed E-state index contributed by atoms with van der Waals surface area (Å²) in [5.41, 5.74) is 6.84. The van der Waals surface area contributed by atoms with Gasteiger partial charge in [-0.1, -0.05) is 12.1 Å². The van der Waals surface area contributed by atoms with Crippen LogP contribution in [-0.4, -0.2) is 84.8 Å². The molecule has 9 heteroatoms. The van der Waals surface area contributed by atoms with E-state index in [9.17, 15) is 9.59 Å². The van der Waals surface area contributed by atoms with Crippen molar-refractivity contribution in [1.29, 1.82) is 0 Å². The fourth-order valence-electron chi connectivity index (χ4n) is 4.03. The van der Waals surface area contributed by atoms with Crippen molar-refractivity contribution < 1.29 is 9.59 Å². The van der Waals surface area contributed by atoms with Crippen molar-refractivity contribution in [3.63, 3.8) is 0 Å². The molecular formula is C21H33IN6O2. The summed E-state index contributed by atoms with van der Waals surface area (Å²) in [6, 6.07) is 7.23. The van der Waals surface area contributed by atoms with Gasteiger partial charge in [-0.3, -0.25) is 19.5 Å². The van der Waals surface area contributed by atoms with Crippen LogP contribution in [0, 0.1) is 0 Å². The molecule has 2 aliphatic heterocycles. The number of piperazine rings is 1. The van der Waals surface area contributed by atoms with Crippen LogP contribution in [0.15, 0.2) is 29.3 Å². The summed E-state index contributed by atoms with van der Waals surface area (Å²) in [4.78, 5) is 34.9. The highest BCUT2D eigenvalue weighted by Gasteiger charge is 2.30. The fraction of sp³-hybridized carbons (Fsp3) is 0.571. The van der Waals surface area contributed by atoms with Gasteiger partial charge in [-0.15, -0.1) is 24.0 Å². The second-order valence-electron chi connectivity index (χ2n) is 7.70. The average molecular weight is 528 g/mol. The van der Waals surface area contributed by atoms with E-state index >= 15 is 0 Å². The zero-order valence-electron chi connectivity index (χ0n) is 17.8.